The molecule has 17 nitrogen and oxygen atoms in total. The molecule has 572 valence electrons. The van der Waals surface area contributed by atoms with E-state index >= 15 is 0 Å². The van der Waals surface area contributed by atoms with Gasteiger partial charge in [0.2, 0.25) is 0 Å². The molecule has 0 aliphatic carbocycles. The Kier molecular flexibility index (Phi) is 66.3. The summed E-state index contributed by atoms with van der Waals surface area (Å²) in [6, 6.07) is 0. The maximum absolute atomic E-state index is 13.1. The molecule has 0 aromatic carbocycles. The van der Waals surface area contributed by atoms with Crippen LogP contribution in [-0.4, -0.2) is 96.7 Å². The van der Waals surface area contributed by atoms with Crippen molar-refractivity contribution in [3.63, 3.8) is 0 Å². The molecule has 97 heavy (non-hydrogen) atoms. The molecule has 0 heterocycles. The zero-order valence-electron chi connectivity index (χ0n) is 63.0. The summed E-state index contributed by atoms with van der Waals surface area (Å²) in [5.74, 6) is 0.139. The second-order valence-corrected chi connectivity index (χ2v) is 31.5. The number of carbonyl (C=O) groups excluding carboxylic acids is 4. The van der Waals surface area contributed by atoms with Crippen molar-refractivity contribution in [3.8, 4) is 0 Å². The smallest absolute Gasteiger partial charge is 0.462 e. The van der Waals surface area contributed by atoms with Crippen LogP contribution in [0.1, 0.15) is 376 Å². The number of rotatable bonds is 74. The van der Waals surface area contributed by atoms with Gasteiger partial charge in [0.1, 0.15) is 19.3 Å². The van der Waals surface area contributed by atoms with Gasteiger partial charge in [0.05, 0.1) is 26.4 Å². The average Bonchev–Trinajstić information content (AvgIpc) is 0.990. The number of carbonyl (C=O) groups is 4. The highest BCUT2D eigenvalue weighted by Crippen LogP contribution is 2.45. The van der Waals surface area contributed by atoms with Gasteiger partial charge >= 0.3 is 39.5 Å². The van der Waals surface area contributed by atoms with Crippen molar-refractivity contribution in [1.82, 2.24) is 0 Å². The number of esters is 4. The molecule has 0 fully saturated rings. The molecule has 0 amide bonds. The lowest BCUT2D eigenvalue weighted by Crippen LogP contribution is -2.30. The monoisotopic (exact) mass is 1420 g/mol. The molecule has 0 saturated heterocycles. The lowest BCUT2D eigenvalue weighted by Gasteiger charge is -2.21. The zero-order chi connectivity index (χ0) is 71.6. The van der Waals surface area contributed by atoms with Crippen LogP contribution in [-0.2, 0) is 65.4 Å². The lowest BCUT2D eigenvalue weighted by molar-refractivity contribution is -0.161. The third-order valence-electron chi connectivity index (χ3n) is 17.9. The number of allylic oxidation sites excluding steroid dienone is 4. The average molecular weight is 1420 g/mol. The van der Waals surface area contributed by atoms with Crippen LogP contribution in [0.3, 0.4) is 0 Å². The third kappa shape index (κ3) is 70.4. The normalized spacial score (nSPS) is 14.5. The van der Waals surface area contributed by atoms with E-state index in [4.69, 9.17) is 37.0 Å². The Morgan fingerprint density at radius 1 is 0.340 bits per heavy atom. The Bertz CT molecular complexity index is 1980. The fraction of sp³-hybridized carbons (Fsp3) is 0.897. The van der Waals surface area contributed by atoms with Crippen LogP contribution in [0.2, 0.25) is 0 Å². The first-order valence-electron chi connectivity index (χ1n) is 39.7. The second-order valence-electron chi connectivity index (χ2n) is 28.6. The van der Waals surface area contributed by atoms with E-state index in [1.165, 1.54) is 161 Å². The number of hydrogen-bond donors (Lipinski definition) is 3. The number of phosphoric acid groups is 2. The van der Waals surface area contributed by atoms with Gasteiger partial charge in [-0.3, -0.25) is 37.3 Å². The van der Waals surface area contributed by atoms with Gasteiger partial charge in [-0.15, -0.1) is 0 Å². The van der Waals surface area contributed by atoms with Gasteiger partial charge in [-0.2, -0.15) is 0 Å². The molecular formula is C78H148O17P2. The number of aliphatic hydroxyl groups is 1. The molecule has 0 aliphatic heterocycles. The highest BCUT2D eigenvalue weighted by Gasteiger charge is 2.30. The number of phosphoric ester groups is 2. The zero-order valence-corrected chi connectivity index (χ0v) is 64.8. The van der Waals surface area contributed by atoms with E-state index < -0.39 is 97.5 Å². The molecule has 0 aromatic heterocycles. The molecule has 0 spiro atoms. The predicted molar refractivity (Wildman–Crippen MR) is 395 cm³/mol. The summed E-state index contributed by atoms with van der Waals surface area (Å²) in [7, 11) is -9.93. The molecule has 0 bridgehead atoms. The number of aliphatic hydroxyl groups excluding tert-OH is 1. The van der Waals surface area contributed by atoms with Gasteiger partial charge in [0, 0.05) is 25.7 Å². The summed E-state index contributed by atoms with van der Waals surface area (Å²) in [5, 5.41) is 10.6. The first-order chi connectivity index (χ1) is 46.8. The lowest BCUT2D eigenvalue weighted by atomic mass is 10.00. The van der Waals surface area contributed by atoms with Gasteiger partial charge in [0.15, 0.2) is 12.2 Å². The second kappa shape index (κ2) is 68.0. The van der Waals surface area contributed by atoms with E-state index in [9.17, 15) is 43.2 Å². The molecule has 3 unspecified atom stereocenters. The van der Waals surface area contributed by atoms with E-state index in [1.807, 2.05) is 0 Å². The maximum Gasteiger partial charge on any atom is 0.472 e. The van der Waals surface area contributed by atoms with E-state index in [0.717, 1.165) is 133 Å². The Balaban J connectivity index is 5.26. The van der Waals surface area contributed by atoms with Crippen molar-refractivity contribution in [2.45, 2.75) is 394 Å². The van der Waals surface area contributed by atoms with Gasteiger partial charge in [-0.1, -0.05) is 323 Å². The van der Waals surface area contributed by atoms with Gasteiger partial charge in [0.25, 0.3) is 0 Å². The van der Waals surface area contributed by atoms with Crippen molar-refractivity contribution in [2.24, 2.45) is 17.8 Å². The Morgan fingerprint density at radius 3 is 0.918 bits per heavy atom. The van der Waals surface area contributed by atoms with Crippen LogP contribution in [0.15, 0.2) is 24.3 Å². The Morgan fingerprint density at radius 2 is 0.608 bits per heavy atom. The van der Waals surface area contributed by atoms with E-state index in [1.54, 1.807) is 0 Å². The van der Waals surface area contributed by atoms with Crippen molar-refractivity contribution in [3.05, 3.63) is 24.3 Å². The van der Waals surface area contributed by atoms with E-state index in [0.29, 0.717) is 25.7 Å². The van der Waals surface area contributed by atoms with Crippen LogP contribution in [0, 0.1) is 17.8 Å². The molecule has 3 N–H and O–H groups in total. The first kappa shape index (κ1) is 94.5. The number of ether oxygens (including phenoxy) is 4. The minimum Gasteiger partial charge on any atom is -0.462 e. The molecule has 0 rings (SSSR count). The van der Waals surface area contributed by atoms with Crippen LogP contribution >= 0.6 is 15.6 Å². The van der Waals surface area contributed by atoms with Gasteiger partial charge < -0.3 is 33.8 Å². The van der Waals surface area contributed by atoms with Crippen molar-refractivity contribution in [1.29, 1.82) is 0 Å². The molecule has 19 heteroatoms. The van der Waals surface area contributed by atoms with Crippen LogP contribution < -0.4 is 0 Å². The van der Waals surface area contributed by atoms with Crippen molar-refractivity contribution in [2.75, 3.05) is 39.6 Å². The summed E-state index contributed by atoms with van der Waals surface area (Å²) in [6.07, 6.45) is 57.7. The summed E-state index contributed by atoms with van der Waals surface area (Å²) in [4.78, 5) is 72.9. The van der Waals surface area contributed by atoms with Gasteiger partial charge in [-0.25, -0.2) is 9.13 Å². The summed E-state index contributed by atoms with van der Waals surface area (Å²) >= 11 is 0. The third-order valence-corrected chi connectivity index (χ3v) is 19.8. The van der Waals surface area contributed by atoms with Crippen LogP contribution in [0.4, 0.5) is 0 Å². The fourth-order valence-corrected chi connectivity index (χ4v) is 13.0. The Hall–Kier alpha value is -2.46. The minimum atomic E-state index is -4.97. The van der Waals surface area contributed by atoms with Crippen LogP contribution in [0.5, 0.6) is 0 Å². The minimum absolute atomic E-state index is 0.0988. The molecular weight excluding hydrogens is 1270 g/mol. The maximum atomic E-state index is 13.1. The first-order valence-corrected chi connectivity index (χ1v) is 42.7. The standard InChI is InChI=1S/C78H148O17P2/c1-8-10-11-12-13-14-15-16-19-23-26-32-37-45-52-59-75(80)88-65-73(94-78(83)62-55-48-39-34-29-28-31-36-43-50-57-70(5)6)67-92-96(84,85)90-63-72(79)64-91-97(86,87)93-68-74(66-89-76(81)60-53-46-41-40-44-51-58-71(7)9-2)95-77(82)61-54-47-38-33-27-24-21-18-17-20-22-25-30-35-42-49-56-69(3)4/h14-16,19,69-74,79H,8-13,17-18,20-68H2,1-7H3,(H,84,85)(H,86,87)/b15-14-,19-16-/t71?,72-,73-,74-/m1/s1. The fourth-order valence-electron chi connectivity index (χ4n) is 11.4. The topological polar surface area (TPSA) is 237 Å². The number of unbranched alkanes of at least 4 members (excludes halogenated alkanes) is 38. The quantitative estimate of drug-likeness (QED) is 0.0169. The highest BCUT2D eigenvalue weighted by molar-refractivity contribution is 7.47. The van der Waals surface area contributed by atoms with Crippen molar-refractivity contribution < 1.29 is 80.2 Å². The van der Waals surface area contributed by atoms with Gasteiger partial charge in [-0.05, 0) is 69.1 Å². The number of hydrogen-bond acceptors (Lipinski definition) is 15. The van der Waals surface area contributed by atoms with E-state index in [-0.39, 0.29) is 25.7 Å². The SMILES string of the molecule is CCCCCC/C=C\C=C/CCCCCCCC(=O)OC[C@H](COP(=O)(O)OC[C@@H](O)COP(=O)(O)OC[C@@H](COC(=O)CCCCCCCCC(C)CC)OC(=O)CCCCCCCCCCCCCCCCCCC(C)C)OC(=O)CCCCCCCCCCCCC(C)C. The molecule has 6 atom stereocenters. The summed E-state index contributed by atoms with van der Waals surface area (Å²) < 4.78 is 68.5. The van der Waals surface area contributed by atoms with Crippen molar-refractivity contribution >= 4 is 39.5 Å². The largest absolute Gasteiger partial charge is 0.472 e. The molecule has 0 aliphatic rings. The summed E-state index contributed by atoms with van der Waals surface area (Å²) in [5.41, 5.74) is 0. The highest BCUT2D eigenvalue weighted by atomic mass is 31.2. The summed E-state index contributed by atoms with van der Waals surface area (Å²) in [6.45, 7) is 11.8. The van der Waals surface area contributed by atoms with Crippen LogP contribution in [0.25, 0.3) is 0 Å². The predicted octanol–water partition coefficient (Wildman–Crippen LogP) is 22.5. The Labute approximate surface area is 592 Å². The van der Waals surface area contributed by atoms with E-state index in [2.05, 4.69) is 72.8 Å². The molecule has 0 aromatic rings. The molecule has 0 radical (unpaired) electrons. The molecule has 0 saturated carbocycles.